The zero-order chi connectivity index (χ0) is 22.2. The summed E-state index contributed by atoms with van der Waals surface area (Å²) in [6, 6.07) is 19.7. The van der Waals surface area contributed by atoms with Crippen LogP contribution in [0.25, 0.3) is 11.1 Å². The molecule has 5 nitrogen and oxygen atoms in total. The quantitative estimate of drug-likeness (QED) is 0.507. The van der Waals surface area contributed by atoms with Crippen LogP contribution in [0.5, 0.6) is 0 Å². The third kappa shape index (κ3) is 3.81. The van der Waals surface area contributed by atoms with Crippen LogP contribution in [0.2, 0.25) is 0 Å². The molecule has 7 heteroatoms. The van der Waals surface area contributed by atoms with Gasteiger partial charge in [-0.1, -0.05) is 64.5 Å². The summed E-state index contributed by atoms with van der Waals surface area (Å²) in [5.41, 5.74) is 2.06. The number of carbonyl (C=O) groups excluding carboxylic acids is 1. The number of nitrogens with one attached hydrogen (secondary N) is 1. The number of halogens is 2. The maximum absolute atomic E-state index is 14.4. The molecule has 0 fully saturated rings. The molecular weight excluding hydrogens is 465 g/mol. The standard InChI is InChI=1S/C24H19BrFNO4/c1-24(22(28)29,20-12-14(25)10-11-21(20)26)27-23(30)31-13-19-17-8-4-2-6-15(17)16-7-3-5-9-18(16)19/h2-12,19H,13H2,1H3,(H,27,30)(H,28,29). The maximum atomic E-state index is 14.4. The highest BCUT2D eigenvalue weighted by molar-refractivity contribution is 9.10. The van der Waals surface area contributed by atoms with Gasteiger partial charge >= 0.3 is 12.1 Å². The number of carbonyl (C=O) groups is 2. The van der Waals surface area contributed by atoms with Crippen molar-refractivity contribution in [2.75, 3.05) is 6.61 Å². The van der Waals surface area contributed by atoms with Crippen molar-refractivity contribution >= 4 is 28.0 Å². The number of amides is 1. The highest BCUT2D eigenvalue weighted by Crippen LogP contribution is 2.44. The summed E-state index contributed by atoms with van der Waals surface area (Å²) in [4.78, 5) is 24.5. The Hall–Kier alpha value is -3.19. The lowest BCUT2D eigenvalue weighted by Crippen LogP contribution is -2.50. The van der Waals surface area contributed by atoms with Crippen molar-refractivity contribution in [1.82, 2.24) is 5.32 Å². The molecule has 0 aromatic heterocycles. The first kappa shape index (κ1) is 21.1. The second kappa shape index (κ2) is 8.15. The average Bonchev–Trinajstić information content (AvgIpc) is 3.07. The summed E-state index contributed by atoms with van der Waals surface area (Å²) in [5, 5.41) is 12.1. The van der Waals surface area contributed by atoms with Gasteiger partial charge in [0.05, 0.1) is 0 Å². The number of rotatable bonds is 5. The molecule has 0 radical (unpaired) electrons. The van der Waals surface area contributed by atoms with Crippen LogP contribution in [0.4, 0.5) is 9.18 Å². The topological polar surface area (TPSA) is 75.6 Å². The van der Waals surface area contributed by atoms with E-state index in [0.29, 0.717) is 4.47 Å². The molecule has 3 aromatic carbocycles. The zero-order valence-corrected chi connectivity index (χ0v) is 18.1. The summed E-state index contributed by atoms with van der Waals surface area (Å²) in [5.74, 6) is -2.32. The number of ether oxygens (including phenoxy) is 1. The Balaban J connectivity index is 1.55. The molecule has 1 aliphatic carbocycles. The third-order valence-electron chi connectivity index (χ3n) is 5.59. The SMILES string of the molecule is CC(NC(=O)OCC1c2ccccc2-c2ccccc21)(C(=O)O)c1cc(Br)ccc1F. The van der Waals surface area contributed by atoms with Crippen LogP contribution in [0, 0.1) is 5.82 Å². The number of carboxylic acids is 1. The lowest BCUT2D eigenvalue weighted by atomic mass is 9.92. The van der Waals surface area contributed by atoms with Crippen molar-refractivity contribution in [2.45, 2.75) is 18.4 Å². The summed E-state index contributed by atoms with van der Waals surface area (Å²) in [6.07, 6.45) is -0.939. The summed E-state index contributed by atoms with van der Waals surface area (Å²) >= 11 is 3.21. The highest BCUT2D eigenvalue weighted by Gasteiger charge is 2.40. The van der Waals surface area contributed by atoms with Gasteiger partial charge in [-0.05, 0) is 47.4 Å². The van der Waals surface area contributed by atoms with Gasteiger partial charge in [0.2, 0.25) is 0 Å². The largest absolute Gasteiger partial charge is 0.479 e. The second-order valence-electron chi connectivity index (χ2n) is 7.50. The van der Waals surface area contributed by atoms with Crippen LogP contribution < -0.4 is 5.32 Å². The van der Waals surface area contributed by atoms with Gasteiger partial charge in [-0.25, -0.2) is 14.0 Å². The van der Waals surface area contributed by atoms with Gasteiger partial charge in [0.1, 0.15) is 12.4 Å². The van der Waals surface area contributed by atoms with Crippen LogP contribution in [0.3, 0.4) is 0 Å². The van der Waals surface area contributed by atoms with Gasteiger partial charge < -0.3 is 15.2 Å². The first-order chi connectivity index (χ1) is 14.8. The van der Waals surface area contributed by atoms with Crippen LogP contribution in [-0.4, -0.2) is 23.8 Å². The van der Waals surface area contributed by atoms with E-state index in [4.69, 9.17) is 4.74 Å². The van der Waals surface area contributed by atoms with Gasteiger partial charge in [-0.3, -0.25) is 0 Å². The van der Waals surface area contributed by atoms with Crippen LogP contribution in [0.15, 0.2) is 71.2 Å². The van der Waals surface area contributed by atoms with Crippen molar-refractivity contribution in [1.29, 1.82) is 0 Å². The van der Waals surface area contributed by atoms with E-state index in [0.717, 1.165) is 28.3 Å². The number of fused-ring (bicyclic) bond motifs is 3. The predicted octanol–water partition coefficient (Wildman–Crippen LogP) is 5.43. The molecule has 0 saturated carbocycles. The van der Waals surface area contributed by atoms with E-state index in [2.05, 4.69) is 21.2 Å². The maximum Gasteiger partial charge on any atom is 0.408 e. The zero-order valence-electron chi connectivity index (χ0n) is 16.6. The lowest BCUT2D eigenvalue weighted by Gasteiger charge is -2.27. The van der Waals surface area contributed by atoms with Crippen LogP contribution in [0.1, 0.15) is 29.5 Å². The Labute approximate surface area is 187 Å². The molecule has 0 heterocycles. The van der Waals surface area contributed by atoms with Crippen molar-refractivity contribution in [2.24, 2.45) is 0 Å². The minimum Gasteiger partial charge on any atom is -0.479 e. The average molecular weight is 484 g/mol. The number of benzene rings is 3. The molecule has 158 valence electrons. The minimum absolute atomic E-state index is 0.0243. The molecule has 2 N–H and O–H groups in total. The summed E-state index contributed by atoms with van der Waals surface area (Å²) in [7, 11) is 0. The summed E-state index contributed by atoms with van der Waals surface area (Å²) in [6.45, 7) is 1.25. The Kier molecular flexibility index (Phi) is 5.54. The fourth-order valence-corrected chi connectivity index (χ4v) is 4.32. The predicted molar refractivity (Wildman–Crippen MR) is 117 cm³/mol. The van der Waals surface area contributed by atoms with Gasteiger partial charge in [-0.2, -0.15) is 0 Å². The number of hydrogen-bond donors (Lipinski definition) is 2. The molecule has 4 rings (SSSR count). The smallest absolute Gasteiger partial charge is 0.408 e. The third-order valence-corrected chi connectivity index (χ3v) is 6.08. The van der Waals surface area contributed by atoms with Crippen molar-refractivity contribution in [3.63, 3.8) is 0 Å². The molecule has 0 bridgehead atoms. The first-order valence-electron chi connectivity index (χ1n) is 9.63. The second-order valence-corrected chi connectivity index (χ2v) is 8.42. The van der Waals surface area contributed by atoms with Crippen molar-refractivity contribution < 1.29 is 23.8 Å². The van der Waals surface area contributed by atoms with E-state index in [9.17, 15) is 19.1 Å². The van der Waals surface area contributed by atoms with E-state index in [-0.39, 0.29) is 18.1 Å². The number of aliphatic carboxylic acids is 1. The molecule has 31 heavy (non-hydrogen) atoms. The van der Waals surface area contributed by atoms with Crippen LogP contribution in [-0.2, 0) is 15.1 Å². The molecule has 0 saturated heterocycles. The highest BCUT2D eigenvalue weighted by atomic mass is 79.9. The van der Waals surface area contributed by atoms with Gasteiger partial charge in [0.15, 0.2) is 5.54 Å². The molecule has 0 aliphatic heterocycles. The number of alkyl carbamates (subject to hydrolysis) is 1. The Morgan fingerprint density at radius 2 is 1.65 bits per heavy atom. The van der Waals surface area contributed by atoms with Gasteiger partial charge in [0, 0.05) is 16.0 Å². The fraction of sp³-hybridized carbons (Fsp3) is 0.167. The van der Waals surface area contributed by atoms with Gasteiger partial charge in [0.25, 0.3) is 0 Å². The fourth-order valence-electron chi connectivity index (χ4n) is 3.96. The molecule has 1 amide bonds. The Morgan fingerprint density at radius 3 is 2.23 bits per heavy atom. The summed E-state index contributed by atoms with van der Waals surface area (Å²) < 4.78 is 20.3. The molecular formula is C24H19BrFNO4. The van der Waals surface area contributed by atoms with E-state index < -0.39 is 23.4 Å². The van der Waals surface area contributed by atoms with E-state index >= 15 is 0 Å². The van der Waals surface area contributed by atoms with E-state index in [1.165, 1.54) is 19.1 Å². The minimum atomic E-state index is -2.00. The Bertz CT molecular complexity index is 1140. The van der Waals surface area contributed by atoms with Crippen molar-refractivity contribution in [3.8, 4) is 11.1 Å². The lowest BCUT2D eigenvalue weighted by molar-refractivity contribution is -0.144. The molecule has 1 unspecified atom stereocenters. The van der Waals surface area contributed by atoms with Gasteiger partial charge in [-0.15, -0.1) is 0 Å². The Morgan fingerprint density at radius 1 is 1.06 bits per heavy atom. The van der Waals surface area contributed by atoms with E-state index in [1.807, 2.05) is 48.5 Å². The van der Waals surface area contributed by atoms with Crippen molar-refractivity contribution in [3.05, 3.63) is 93.7 Å². The van der Waals surface area contributed by atoms with Crippen LogP contribution >= 0.6 is 15.9 Å². The molecule has 1 aliphatic rings. The number of hydrogen-bond acceptors (Lipinski definition) is 3. The normalized spacial score (nSPS) is 14.3. The molecule has 1 atom stereocenters. The van der Waals surface area contributed by atoms with E-state index in [1.54, 1.807) is 0 Å². The molecule has 0 spiro atoms. The number of carboxylic acid groups (broad SMARTS) is 1. The monoisotopic (exact) mass is 483 g/mol. The molecule has 3 aromatic rings. The first-order valence-corrected chi connectivity index (χ1v) is 10.4.